The first-order chi connectivity index (χ1) is 10.2. The van der Waals surface area contributed by atoms with Gasteiger partial charge in [0.25, 0.3) is 0 Å². The quantitative estimate of drug-likeness (QED) is 0.732. The van der Waals surface area contributed by atoms with E-state index in [0.717, 1.165) is 28.1 Å². The third kappa shape index (κ3) is 2.80. The first-order valence-corrected chi connectivity index (χ1v) is 7.90. The van der Waals surface area contributed by atoms with Crippen molar-refractivity contribution in [2.24, 2.45) is 0 Å². The molecule has 108 valence electrons. The van der Waals surface area contributed by atoms with Crippen LogP contribution in [-0.4, -0.2) is 17.0 Å². The highest BCUT2D eigenvalue weighted by Crippen LogP contribution is 2.33. The van der Waals surface area contributed by atoms with Crippen LogP contribution in [0.15, 0.2) is 30.3 Å². The van der Waals surface area contributed by atoms with Gasteiger partial charge in [-0.05, 0) is 24.6 Å². The summed E-state index contributed by atoms with van der Waals surface area (Å²) >= 11 is 7.90. The van der Waals surface area contributed by atoms with E-state index in [1.165, 1.54) is 4.88 Å². The van der Waals surface area contributed by atoms with Crippen LogP contribution in [0.5, 0.6) is 0 Å². The Balaban J connectivity index is 2.11. The minimum atomic E-state index is 0.599. The standard InChI is InChI=1S/C15H15ClN4S/c1-3-9-8-10-13(18-12-7-5-4-6-11(12)16)19-15(17-2)20-14(10)21-9/h4-8H,3H2,1-2H3,(H2,17,18,19,20). The highest BCUT2D eigenvalue weighted by Gasteiger charge is 2.12. The molecule has 21 heavy (non-hydrogen) atoms. The fourth-order valence-corrected chi connectivity index (χ4v) is 3.19. The summed E-state index contributed by atoms with van der Waals surface area (Å²) in [5.74, 6) is 1.37. The molecule has 0 unspecified atom stereocenters. The number of halogens is 1. The molecular formula is C15H15ClN4S. The molecule has 0 aliphatic heterocycles. The molecule has 0 bridgehead atoms. The number of hydrogen-bond donors (Lipinski definition) is 2. The average molecular weight is 319 g/mol. The molecule has 0 fully saturated rings. The van der Waals surface area contributed by atoms with Crippen LogP contribution in [0.25, 0.3) is 10.2 Å². The molecule has 2 heterocycles. The number of fused-ring (bicyclic) bond motifs is 1. The third-order valence-corrected chi connectivity index (χ3v) is 4.65. The summed E-state index contributed by atoms with van der Waals surface area (Å²) in [5, 5.41) is 8.00. The maximum atomic E-state index is 6.21. The molecule has 0 spiro atoms. The van der Waals surface area contributed by atoms with Crippen molar-refractivity contribution < 1.29 is 0 Å². The van der Waals surface area contributed by atoms with Gasteiger partial charge in [0.15, 0.2) is 0 Å². The number of anilines is 3. The van der Waals surface area contributed by atoms with Gasteiger partial charge in [0.05, 0.1) is 16.1 Å². The van der Waals surface area contributed by atoms with E-state index in [4.69, 9.17) is 11.6 Å². The molecule has 2 aromatic heterocycles. The highest BCUT2D eigenvalue weighted by molar-refractivity contribution is 7.18. The van der Waals surface area contributed by atoms with Crippen LogP contribution >= 0.6 is 22.9 Å². The Hall–Kier alpha value is -1.85. The molecule has 0 atom stereocenters. The van der Waals surface area contributed by atoms with E-state index < -0.39 is 0 Å². The number of aryl methyl sites for hydroxylation is 1. The first kappa shape index (κ1) is 14.1. The Labute approximate surface area is 132 Å². The maximum Gasteiger partial charge on any atom is 0.225 e. The number of benzene rings is 1. The zero-order valence-electron chi connectivity index (χ0n) is 11.8. The SMILES string of the molecule is CCc1cc2c(Nc3ccccc3Cl)nc(NC)nc2s1. The van der Waals surface area contributed by atoms with Gasteiger partial charge >= 0.3 is 0 Å². The second kappa shape index (κ2) is 5.87. The Morgan fingerprint density at radius 3 is 2.76 bits per heavy atom. The molecule has 0 aliphatic carbocycles. The van der Waals surface area contributed by atoms with Gasteiger partial charge < -0.3 is 10.6 Å². The molecule has 1 aromatic carbocycles. The number of rotatable bonds is 4. The molecule has 0 aliphatic rings. The van der Waals surface area contributed by atoms with Gasteiger partial charge in [-0.2, -0.15) is 4.98 Å². The monoisotopic (exact) mass is 318 g/mol. The Morgan fingerprint density at radius 2 is 2.05 bits per heavy atom. The molecule has 3 aromatic rings. The molecule has 6 heteroatoms. The topological polar surface area (TPSA) is 49.8 Å². The summed E-state index contributed by atoms with van der Waals surface area (Å²) in [5.41, 5.74) is 0.838. The van der Waals surface area contributed by atoms with Gasteiger partial charge in [0.2, 0.25) is 5.95 Å². The number of thiophene rings is 1. The zero-order valence-corrected chi connectivity index (χ0v) is 13.3. The number of hydrogen-bond acceptors (Lipinski definition) is 5. The summed E-state index contributed by atoms with van der Waals surface area (Å²) < 4.78 is 0. The van der Waals surface area contributed by atoms with Crippen LogP contribution in [0.3, 0.4) is 0 Å². The summed E-state index contributed by atoms with van der Waals surface area (Å²) in [4.78, 5) is 11.3. The van der Waals surface area contributed by atoms with Gasteiger partial charge in [-0.1, -0.05) is 30.7 Å². The lowest BCUT2D eigenvalue weighted by atomic mass is 10.3. The summed E-state index contributed by atoms with van der Waals surface area (Å²) in [6, 6.07) is 9.77. The number of aromatic nitrogens is 2. The largest absolute Gasteiger partial charge is 0.357 e. The van der Waals surface area contributed by atoms with E-state index in [1.54, 1.807) is 11.3 Å². The van der Waals surface area contributed by atoms with Crippen LogP contribution in [-0.2, 0) is 6.42 Å². The number of nitrogens with zero attached hydrogens (tertiary/aromatic N) is 2. The molecule has 0 saturated heterocycles. The lowest BCUT2D eigenvalue weighted by Crippen LogP contribution is -2.01. The first-order valence-electron chi connectivity index (χ1n) is 6.71. The smallest absolute Gasteiger partial charge is 0.225 e. The van der Waals surface area contributed by atoms with Crippen molar-refractivity contribution in [3.8, 4) is 0 Å². The maximum absolute atomic E-state index is 6.21. The van der Waals surface area contributed by atoms with Crippen LogP contribution < -0.4 is 10.6 Å². The lowest BCUT2D eigenvalue weighted by Gasteiger charge is -2.09. The molecule has 0 saturated carbocycles. The second-order valence-corrected chi connectivity index (χ2v) is 6.06. The van der Waals surface area contributed by atoms with E-state index in [1.807, 2.05) is 31.3 Å². The van der Waals surface area contributed by atoms with Crippen molar-refractivity contribution >= 4 is 50.6 Å². The van der Waals surface area contributed by atoms with Gasteiger partial charge in [-0.3, -0.25) is 0 Å². The third-order valence-electron chi connectivity index (χ3n) is 3.14. The number of para-hydroxylation sites is 1. The van der Waals surface area contributed by atoms with Crippen molar-refractivity contribution in [1.82, 2.24) is 9.97 Å². The summed E-state index contributed by atoms with van der Waals surface area (Å²) in [6.07, 6.45) is 0.988. The fourth-order valence-electron chi connectivity index (χ4n) is 2.04. The van der Waals surface area contributed by atoms with Crippen molar-refractivity contribution in [2.45, 2.75) is 13.3 Å². The fraction of sp³-hybridized carbons (Fsp3) is 0.200. The average Bonchev–Trinajstić information content (AvgIpc) is 2.92. The van der Waals surface area contributed by atoms with Crippen LogP contribution in [0.2, 0.25) is 5.02 Å². The summed E-state index contributed by atoms with van der Waals surface area (Å²) in [6.45, 7) is 2.14. The Morgan fingerprint density at radius 1 is 1.24 bits per heavy atom. The predicted octanol–water partition coefficient (Wildman–Crippen LogP) is 4.69. The predicted molar refractivity (Wildman–Crippen MR) is 91.1 cm³/mol. The van der Waals surface area contributed by atoms with Gasteiger partial charge in [-0.25, -0.2) is 4.98 Å². The molecule has 0 amide bonds. The summed E-state index contributed by atoms with van der Waals surface area (Å²) in [7, 11) is 1.81. The van der Waals surface area contributed by atoms with E-state index >= 15 is 0 Å². The molecule has 2 N–H and O–H groups in total. The Kier molecular flexibility index (Phi) is 3.94. The minimum absolute atomic E-state index is 0.599. The van der Waals surface area contributed by atoms with Crippen molar-refractivity contribution in [3.05, 3.63) is 40.2 Å². The van der Waals surface area contributed by atoms with E-state index in [9.17, 15) is 0 Å². The minimum Gasteiger partial charge on any atom is -0.357 e. The molecule has 4 nitrogen and oxygen atoms in total. The van der Waals surface area contributed by atoms with Crippen molar-refractivity contribution in [3.63, 3.8) is 0 Å². The molecule has 0 radical (unpaired) electrons. The highest BCUT2D eigenvalue weighted by atomic mass is 35.5. The van der Waals surface area contributed by atoms with Gasteiger partial charge in [-0.15, -0.1) is 11.3 Å². The van der Waals surface area contributed by atoms with Crippen molar-refractivity contribution in [2.75, 3.05) is 17.7 Å². The van der Waals surface area contributed by atoms with E-state index in [0.29, 0.717) is 11.0 Å². The van der Waals surface area contributed by atoms with E-state index in [2.05, 4.69) is 33.6 Å². The molecular weight excluding hydrogens is 304 g/mol. The van der Waals surface area contributed by atoms with Crippen molar-refractivity contribution in [1.29, 1.82) is 0 Å². The zero-order chi connectivity index (χ0) is 14.8. The Bertz CT molecular complexity index is 784. The van der Waals surface area contributed by atoms with Crippen LogP contribution in [0, 0.1) is 0 Å². The molecule has 3 rings (SSSR count). The second-order valence-electron chi connectivity index (χ2n) is 4.54. The van der Waals surface area contributed by atoms with Crippen LogP contribution in [0.4, 0.5) is 17.5 Å². The van der Waals surface area contributed by atoms with Gasteiger partial charge in [0.1, 0.15) is 10.6 Å². The van der Waals surface area contributed by atoms with E-state index in [-0.39, 0.29) is 0 Å². The normalized spacial score (nSPS) is 10.8. The lowest BCUT2D eigenvalue weighted by molar-refractivity contribution is 1.19. The number of nitrogens with one attached hydrogen (secondary N) is 2. The van der Waals surface area contributed by atoms with Gasteiger partial charge in [0, 0.05) is 11.9 Å². The van der Waals surface area contributed by atoms with Crippen LogP contribution in [0.1, 0.15) is 11.8 Å².